The van der Waals surface area contributed by atoms with Gasteiger partial charge in [0.1, 0.15) is 0 Å². The Morgan fingerprint density at radius 2 is 1.07 bits per heavy atom. The van der Waals surface area contributed by atoms with Crippen molar-refractivity contribution >= 4 is 29.3 Å². The fourth-order valence-corrected chi connectivity index (χ4v) is 6.86. The predicted octanol–water partition coefficient (Wildman–Crippen LogP) is -0.559. The number of rotatable bonds is 9. The first kappa shape index (κ1) is 14.5. The second-order valence-corrected chi connectivity index (χ2v) is 13.9. The van der Waals surface area contributed by atoms with E-state index in [9.17, 15) is 0 Å². The van der Waals surface area contributed by atoms with Crippen molar-refractivity contribution in [1.29, 1.82) is 0 Å². The molecule has 0 aromatic rings. The Hall–Kier alpha value is 0.531. The summed E-state index contributed by atoms with van der Waals surface area (Å²) >= 11 is 0. The third kappa shape index (κ3) is 6.91. The van der Waals surface area contributed by atoms with Crippen LogP contribution in [0.4, 0.5) is 0 Å². The molecule has 0 bridgehead atoms. The average Bonchev–Trinajstić information content (AvgIpc) is 2.21. The lowest BCUT2D eigenvalue weighted by atomic mass is 10.9. The Kier molecular flexibility index (Phi) is 9.14. The summed E-state index contributed by atoms with van der Waals surface area (Å²) in [5.41, 5.74) is 0. The van der Waals surface area contributed by atoms with Crippen molar-refractivity contribution in [3.05, 3.63) is 0 Å². The van der Waals surface area contributed by atoms with E-state index >= 15 is 0 Å². The zero-order valence-electron chi connectivity index (χ0n) is 9.97. The molecule has 0 aliphatic carbocycles. The highest BCUT2D eigenvalue weighted by Gasteiger charge is 2.28. The van der Waals surface area contributed by atoms with Crippen molar-refractivity contribution in [2.45, 2.75) is 32.0 Å². The monoisotopic (exact) mass is 252 g/mol. The van der Waals surface area contributed by atoms with E-state index in [2.05, 4.69) is 27.7 Å². The van der Waals surface area contributed by atoms with E-state index in [1.54, 1.807) is 0 Å². The summed E-state index contributed by atoms with van der Waals surface area (Å²) < 4.78 is 17.3. The van der Waals surface area contributed by atoms with E-state index in [-0.39, 0.29) is 0 Å². The molecule has 0 rings (SSSR count). The maximum absolute atomic E-state index is 5.64. The Morgan fingerprint density at radius 3 is 1.29 bits per heavy atom. The van der Waals surface area contributed by atoms with Gasteiger partial charge in [0.15, 0.2) is 29.3 Å². The van der Waals surface area contributed by atoms with E-state index in [0.29, 0.717) is 4.28 Å². The van der Waals surface area contributed by atoms with Gasteiger partial charge in [-0.05, 0) is 20.8 Å². The molecule has 0 aliphatic heterocycles. The summed E-state index contributed by atoms with van der Waals surface area (Å²) in [7, 11) is -1.32. The van der Waals surface area contributed by atoms with Crippen LogP contribution in [0.3, 0.4) is 0 Å². The predicted molar refractivity (Wildman–Crippen MR) is 68.9 cm³/mol. The first-order valence-corrected chi connectivity index (χ1v) is 9.27. The van der Waals surface area contributed by atoms with Crippen LogP contribution in [0.25, 0.3) is 0 Å². The van der Waals surface area contributed by atoms with E-state index in [4.69, 9.17) is 13.3 Å². The molecule has 0 aromatic carbocycles. The molecule has 0 saturated heterocycles. The molecule has 0 heterocycles. The summed E-state index contributed by atoms with van der Waals surface area (Å²) in [6.07, 6.45) is 0. The zero-order valence-corrected chi connectivity index (χ0v) is 14.2. The van der Waals surface area contributed by atoms with Gasteiger partial charge < -0.3 is 13.3 Å². The summed E-state index contributed by atoms with van der Waals surface area (Å²) in [4.78, 5) is 0. The Labute approximate surface area is 94.7 Å². The van der Waals surface area contributed by atoms with Crippen LogP contribution in [0.1, 0.15) is 27.7 Å². The molecule has 6 heteroatoms. The second kappa shape index (κ2) is 8.81. The molecule has 0 aromatic heterocycles. The van der Waals surface area contributed by atoms with Crippen LogP contribution < -0.4 is 0 Å². The zero-order chi connectivity index (χ0) is 10.9. The minimum Gasteiger partial charge on any atom is -0.424 e. The van der Waals surface area contributed by atoms with E-state index < -0.39 is 29.3 Å². The number of hydrogen-bond acceptors (Lipinski definition) is 3. The van der Waals surface area contributed by atoms with E-state index in [1.165, 1.54) is 0 Å². The molecular formula is C8H24O3Si3. The van der Waals surface area contributed by atoms with Gasteiger partial charge in [0.25, 0.3) is 0 Å². The van der Waals surface area contributed by atoms with Gasteiger partial charge in [-0.15, -0.1) is 0 Å². The van der Waals surface area contributed by atoms with E-state index in [1.807, 2.05) is 0 Å². The lowest BCUT2D eigenvalue weighted by molar-refractivity contribution is 0.321. The van der Waals surface area contributed by atoms with Crippen molar-refractivity contribution < 1.29 is 13.3 Å². The summed E-state index contributed by atoms with van der Waals surface area (Å²) in [5, 5.41) is 0. The molecule has 0 spiro atoms. The van der Waals surface area contributed by atoms with Crippen molar-refractivity contribution in [3.8, 4) is 0 Å². The second-order valence-electron chi connectivity index (χ2n) is 3.72. The minimum atomic E-state index is -0.438. The van der Waals surface area contributed by atoms with Gasteiger partial charge in [-0.3, -0.25) is 0 Å². The highest BCUT2D eigenvalue weighted by atomic mass is 28.4. The largest absolute Gasteiger partial charge is 0.424 e. The Bertz CT molecular complexity index is 113. The van der Waals surface area contributed by atoms with Crippen molar-refractivity contribution in [2.24, 2.45) is 0 Å². The standard InChI is InChI=1S/C8H24O3Si3/c1-5-9-12-8(4,13-10-6-2)14-11-7-3/h5-7,12-14H2,1-4H3. The SMILES string of the molecule is CCO[SiH2]C(C)([SiH2]OCC)[SiH2]OCC. The molecule has 0 amide bonds. The third-order valence-electron chi connectivity index (χ3n) is 1.96. The summed E-state index contributed by atoms with van der Waals surface area (Å²) in [6, 6.07) is 0. The minimum absolute atomic E-state index is 0.405. The summed E-state index contributed by atoms with van der Waals surface area (Å²) in [5.74, 6) is 0. The fraction of sp³-hybridized carbons (Fsp3) is 1.00. The van der Waals surface area contributed by atoms with Crippen LogP contribution in [0.5, 0.6) is 0 Å². The lowest BCUT2D eigenvalue weighted by Crippen LogP contribution is -2.35. The van der Waals surface area contributed by atoms with Gasteiger partial charge >= 0.3 is 0 Å². The third-order valence-corrected chi connectivity index (χ3v) is 9.57. The lowest BCUT2D eigenvalue weighted by Gasteiger charge is -2.26. The normalized spacial score (nSPS) is 18.0. The molecule has 0 saturated carbocycles. The van der Waals surface area contributed by atoms with Crippen molar-refractivity contribution in [1.82, 2.24) is 0 Å². The highest BCUT2D eigenvalue weighted by molar-refractivity contribution is 6.73. The van der Waals surface area contributed by atoms with Crippen LogP contribution >= 0.6 is 0 Å². The smallest absolute Gasteiger partial charge is 0.165 e. The molecule has 0 N–H and O–H groups in total. The van der Waals surface area contributed by atoms with Crippen LogP contribution in [-0.4, -0.2) is 49.1 Å². The maximum atomic E-state index is 5.64. The van der Waals surface area contributed by atoms with Crippen molar-refractivity contribution in [2.75, 3.05) is 19.8 Å². The highest BCUT2D eigenvalue weighted by Crippen LogP contribution is 2.20. The molecule has 0 aliphatic rings. The van der Waals surface area contributed by atoms with Gasteiger partial charge in [0, 0.05) is 24.1 Å². The van der Waals surface area contributed by atoms with Gasteiger partial charge in [-0.2, -0.15) is 0 Å². The maximum Gasteiger partial charge on any atom is 0.165 e. The fourth-order valence-electron chi connectivity index (χ4n) is 1.17. The van der Waals surface area contributed by atoms with Gasteiger partial charge in [-0.25, -0.2) is 0 Å². The Balaban J connectivity index is 3.89. The summed E-state index contributed by atoms with van der Waals surface area (Å²) in [6.45, 7) is 11.1. The van der Waals surface area contributed by atoms with Gasteiger partial charge in [-0.1, -0.05) is 6.92 Å². The molecule has 0 unspecified atom stereocenters. The quantitative estimate of drug-likeness (QED) is 0.515. The molecule has 86 valence electrons. The van der Waals surface area contributed by atoms with E-state index in [0.717, 1.165) is 19.8 Å². The molecule has 0 atom stereocenters. The topological polar surface area (TPSA) is 27.7 Å². The van der Waals surface area contributed by atoms with Crippen LogP contribution in [0.15, 0.2) is 0 Å². The molecule has 0 fully saturated rings. The molecular weight excluding hydrogens is 228 g/mol. The first-order chi connectivity index (χ1) is 6.68. The molecule has 3 nitrogen and oxygen atoms in total. The Morgan fingerprint density at radius 1 is 0.786 bits per heavy atom. The van der Waals surface area contributed by atoms with Gasteiger partial charge in [0.05, 0.1) is 0 Å². The van der Waals surface area contributed by atoms with Crippen molar-refractivity contribution in [3.63, 3.8) is 0 Å². The molecule has 0 radical (unpaired) electrons. The van der Waals surface area contributed by atoms with Crippen LogP contribution in [0, 0.1) is 0 Å². The van der Waals surface area contributed by atoms with Crippen LogP contribution in [0.2, 0.25) is 4.28 Å². The molecule has 14 heavy (non-hydrogen) atoms. The average molecular weight is 253 g/mol. The number of hydrogen-bond donors (Lipinski definition) is 0. The first-order valence-electron chi connectivity index (χ1n) is 5.41. The van der Waals surface area contributed by atoms with Gasteiger partial charge in [0.2, 0.25) is 0 Å². The van der Waals surface area contributed by atoms with Crippen LogP contribution in [-0.2, 0) is 13.3 Å².